The van der Waals surface area contributed by atoms with Crippen LogP contribution in [0.5, 0.6) is 5.88 Å². The highest BCUT2D eigenvalue weighted by Gasteiger charge is 2.16. The molecule has 5 heteroatoms. The lowest BCUT2D eigenvalue weighted by Crippen LogP contribution is -2.30. The normalized spacial score (nSPS) is 11.6. The molecule has 1 aromatic heterocycles. The van der Waals surface area contributed by atoms with Gasteiger partial charge in [0.1, 0.15) is 0 Å². The van der Waals surface area contributed by atoms with Gasteiger partial charge in [-0.3, -0.25) is 4.90 Å². The van der Waals surface area contributed by atoms with E-state index in [0.717, 1.165) is 13.1 Å². The van der Waals surface area contributed by atoms with Gasteiger partial charge in [-0.2, -0.15) is 0 Å². The Labute approximate surface area is 95.7 Å². The molecule has 0 saturated carbocycles. The molecule has 0 saturated heterocycles. The van der Waals surface area contributed by atoms with E-state index in [4.69, 9.17) is 0 Å². The molecule has 0 unspecified atom stereocenters. The number of imidazole rings is 1. The number of aromatic hydroxyl groups is 1. The third kappa shape index (κ3) is 2.47. The first-order valence-corrected chi connectivity index (χ1v) is 5.75. The lowest BCUT2D eigenvalue weighted by atomic mass is 10.1. The predicted molar refractivity (Wildman–Crippen MR) is 63.7 cm³/mol. The Balaban J connectivity index is 3.01. The first-order chi connectivity index (χ1) is 7.51. The van der Waals surface area contributed by atoms with Crippen molar-refractivity contribution >= 4 is 0 Å². The quantitative estimate of drug-likeness (QED) is 0.797. The van der Waals surface area contributed by atoms with Crippen molar-refractivity contribution in [1.29, 1.82) is 0 Å². The van der Waals surface area contributed by atoms with Crippen LogP contribution in [0.4, 0.5) is 0 Å². The maximum absolute atomic E-state index is 11.7. The van der Waals surface area contributed by atoms with Gasteiger partial charge in [0.2, 0.25) is 5.88 Å². The summed E-state index contributed by atoms with van der Waals surface area (Å²) in [6, 6.07) is 0. The Morgan fingerprint density at radius 2 is 1.94 bits per heavy atom. The summed E-state index contributed by atoms with van der Waals surface area (Å²) in [5.74, 6) is 0.178. The molecule has 5 nitrogen and oxygen atoms in total. The summed E-state index contributed by atoms with van der Waals surface area (Å²) in [4.78, 5) is 16.4. The summed E-state index contributed by atoms with van der Waals surface area (Å²) in [6.07, 6.45) is 0. The van der Waals surface area contributed by atoms with E-state index in [0.29, 0.717) is 12.4 Å². The number of nitrogens with zero attached hydrogens (tertiary/aromatic N) is 2. The van der Waals surface area contributed by atoms with Gasteiger partial charge in [-0.1, -0.05) is 27.7 Å². The summed E-state index contributed by atoms with van der Waals surface area (Å²) < 4.78 is 1.38. The molecule has 16 heavy (non-hydrogen) atoms. The lowest BCUT2D eigenvalue weighted by molar-refractivity contribution is 0.224. The molecule has 0 amide bonds. The molecule has 1 aromatic rings. The second-order valence-corrected chi connectivity index (χ2v) is 4.19. The monoisotopic (exact) mass is 227 g/mol. The predicted octanol–water partition coefficient (Wildman–Crippen LogP) is 1.30. The summed E-state index contributed by atoms with van der Waals surface area (Å²) in [7, 11) is 0. The number of rotatable bonds is 5. The van der Waals surface area contributed by atoms with Gasteiger partial charge in [-0.15, -0.1) is 0 Å². The molecular formula is C11H21N3O2. The van der Waals surface area contributed by atoms with Crippen LogP contribution in [0.1, 0.15) is 39.3 Å². The van der Waals surface area contributed by atoms with Gasteiger partial charge in [0.15, 0.2) is 0 Å². The van der Waals surface area contributed by atoms with Crippen molar-refractivity contribution in [3.05, 3.63) is 16.2 Å². The molecule has 0 atom stereocenters. The zero-order chi connectivity index (χ0) is 12.3. The minimum Gasteiger partial charge on any atom is -0.493 e. The molecule has 1 heterocycles. The fraction of sp³-hybridized carbons (Fsp3) is 0.727. The van der Waals surface area contributed by atoms with Crippen molar-refractivity contribution in [3.63, 3.8) is 0 Å². The van der Waals surface area contributed by atoms with Gasteiger partial charge in [-0.05, 0) is 19.0 Å². The average Bonchev–Trinajstić information content (AvgIpc) is 2.52. The summed E-state index contributed by atoms with van der Waals surface area (Å²) in [5.41, 5.74) is 0.366. The van der Waals surface area contributed by atoms with E-state index in [9.17, 15) is 9.90 Å². The molecule has 0 spiro atoms. The van der Waals surface area contributed by atoms with E-state index >= 15 is 0 Å². The van der Waals surface area contributed by atoms with Crippen LogP contribution in [-0.2, 0) is 6.67 Å². The molecule has 92 valence electrons. The maximum atomic E-state index is 11.7. The van der Waals surface area contributed by atoms with Crippen LogP contribution in [0, 0.1) is 0 Å². The van der Waals surface area contributed by atoms with Crippen LogP contribution >= 0.6 is 0 Å². The highest BCUT2D eigenvalue weighted by atomic mass is 16.3. The molecule has 0 aliphatic carbocycles. The first kappa shape index (κ1) is 12.8. The van der Waals surface area contributed by atoms with E-state index in [2.05, 4.69) is 9.88 Å². The van der Waals surface area contributed by atoms with Crippen LogP contribution < -0.4 is 5.69 Å². The minimum absolute atomic E-state index is 0.0619. The number of aromatic nitrogens is 2. The highest BCUT2D eigenvalue weighted by Crippen LogP contribution is 2.21. The number of aromatic amines is 1. The van der Waals surface area contributed by atoms with Gasteiger partial charge < -0.3 is 10.1 Å². The van der Waals surface area contributed by atoms with Gasteiger partial charge in [0.05, 0.1) is 12.4 Å². The summed E-state index contributed by atoms with van der Waals surface area (Å²) in [6.45, 7) is 10.1. The van der Waals surface area contributed by atoms with E-state index in [-0.39, 0.29) is 17.5 Å². The Hall–Kier alpha value is -1.23. The zero-order valence-electron chi connectivity index (χ0n) is 10.4. The smallest absolute Gasteiger partial charge is 0.329 e. The molecule has 0 aliphatic rings. The van der Waals surface area contributed by atoms with Gasteiger partial charge in [-0.25, -0.2) is 9.36 Å². The Kier molecular flexibility index (Phi) is 4.18. The lowest BCUT2D eigenvalue weighted by Gasteiger charge is -2.18. The van der Waals surface area contributed by atoms with Crippen molar-refractivity contribution in [1.82, 2.24) is 14.5 Å². The summed E-state index contributed by atoms with van der Waals surface area (Å²) >= 11 is 0. The molecule has 2 N–H and O–H groups in total. The number of nitrogens with one attached hydrogen (secondary N) is 1. The molecule has 0 radical (unpaired) electrons. The van der Waals surface area contributed by atoms with Crippen molar-refractivity contribution in [2.45, 2.75) is 40.3 Å². The molecular weight excluding hydrogens is 206 g/mol. The minimum atomic E-state index is -0.242. The maximum Gasteiger partial charge on any atom is 0.329 e. The third-order valence-corrected chi connectivity index (χ3v) is 2.80. The first-order valence-electron chi connectivity index (χ1n) is 5.75. The Morgan fingerprint density at radius 1 is 1.38 bits per heavy atom. The fourth-order valence-electron chi connectivity index (χ4n) is 1.64. The Morgan fingerprint density at radius 3 is 2.31 bits per heavy atom. The molecule has 0 bridgehead atoms. The molecule has 0 fully saturated rings. The van der Waals surface area contributed by atoms with Crippen molar-refractivity contribution in [2.75, 3.05) is 13.1 Å². The van der Waals surface area contributed by atoms with Crippen LogP contribution in [0.25, 0.3) is 0 Å². The Bertz CT molecular complexity index is 388. The number of hydrogen-bond donors (Lipinski definition) is 2. The van der Waals surface area contributed by atoms with Crippen LogP contribution in [0.15, 0.2) is 4.79 Å². The highest BCUT2D eigenvalue weighted by molar-refractivity contribution is 5.21. The number of H-pyrrole nitrogens is 1. The molecule has 1 rings (SSSR count). The van der Waals surface area contributed by atoms with Crippen LogP contribution in [0.3, 0.4) is 0 Å². The topological polar surface area (TPSA) is 61.3 Å². The van der Waals surface area contributed by atoms with Gasteiger partial charge >= 0.3 is 5.69 Å². The van der Waals surface area contributed by atoms with Crippen LogP contribution in [0.2, 0.25) is 0 Å². The van der Waals surface area contributed by atoms with Crippen molar-refractivity contribution in [3.8, 4) is 5.88 Å². The van der Waals surface area contributed by atoms with Crippen molar-refractivity contribution in [2.24, 2.45) is 0 Å². The van der Waals surface area contributed by atoms with E-state index in [1.165, 1.54) is 4.57 Å². The second-order valence-electron chi connectivity index (χ2n) is 4.19. The van der Waals surface area contributed by atoms with Crippen LogP contribution in [-0.4, -0.2) is 32.6 Å². The standard InChI is InChI=1S/C11H21N3O2/c1-5-13(6-2)7-14-10(15)9(8(3)4)12-11(14)16/h8,15H,5-7H2,1-4H3,(H,12,16). The fourth-order valence-corrected chi connectivity index (χ4v) is 1.64. The summed E-state index contributed by atoms with van der Waals surface area (Å²) in [5, 5.41) is 9.93. The van der Waals surface area contributed by atoms with E-state index in [1.807, 2.05) is 27.7 Å². The molecule has 0 aliphatic heterocycles. The van der Waals surface area contributed by atoms with Crippen molar-refractivity contribution < 1.29 is 5.11 Å². The third-order valence-electron chi connectivity index (χ3n) is 2.80. The van der Waals surface area contributed by atoms with E-state index < -0.39 is 0 Å². The second kappa shape index (κ2) is 5.21. The number of hydrogen-bond acceptors (Lipinski definition) is 3. The van der Waals surface area contributed by atoms with Gasteiger partial charge in [0, 0.05) is 0 Å². The SMILES string of the molecule is CCN(CC)Cn1c(O)c(C(C)C)[nH]c1=O. The average molecular weight is 227 g/mol. The molecule has 0 aromatic carbocycles. The zero-order valence-corrected chi connectivity index (χ0v) is 10.4. The van der Waals surface area contributed by atoms with Gasteiger partial charge in [0.25, 0.3) is 0 Å². The van der Waals surface area contributed by atoms with E-state index in [1.54, 1.807) is 0 Å². The largest absolute Gasteiger partial charge is 0.493 e.